The van der Waals surface area contributed by atoms with Crippen LogP contribution in [-0.2, 0) is 13.3 Å². The molecule has 0 saturated carbocycles. The predicted molar refractivity (Wildman–Crippen MR) is 66.8 cm³/mol. The van der Waals surface area contributed by atoms with Crippen LogP contribution >= 0.6 is 12.2 Å². The molecule has 0 aromatic rings. The standard InChI is InChI=1S/C9H21NO3SSi/c1-5-11-15(12-6-2,13-7-3)8(4)9(10)14/h8H,5-7H2,1-4H3,(H2,10,14). The van der Waals surface area contributed by atoms with E-state index >= 15 is 0 Å². The molecule has 0 saturated heterocycles. The van der Waals surface area contributed by atoms with Crippen molar-refractivity contribution in [1.29, 1.82) is 0 Å². The van der Waals surface area contributed by atoms with Crippen molar-refractivity contribution in [2.45, 2.75) is 33.2 Å². The third kappa shape index (κ3) is 4.16. The Bertz CT molecular complexity index is 187. The molecule has 90 valence electrons. The summed E-state index contributed by atoms with van der Waals surface area (Å²) in [6.07, 6.45) is 0. The van der Waals surface area contributed by atoms with Gasteiger partial charge in [-0.1, -0.05) is 19.1 Å². The normalized spacial score (nSPS) is 13.9. The van der Waals surface area contributed by atoms with E-state index in [9.17, 15) is 0 Å². The van der Waals surface area contributed by atoms with Crippen molar-refractivity contribution in [3.8, 4) is 0 Å². The molecule has 4 nitrogen and oxygen atoms in total. The van der Waals surface area contributed by atoms with Gasteiger partial charge in [0.05, 0.1) is 10.5 Å². The average molecular weight is 251 g/mol. The van der Waals surface area contributed by atoms with E-state index in [-0.39, 0.29) is 5.54 Å². The first-order chi connectivity index (χ1) is 7.04. The van der Waals surface area contributed by atoms with Crippen molar-refractivity contribution >= 4 is 26.0 Å². The summed E-state index contributed by atoms with van der Waals surface area (Å²) >= 11 is 4.98. The van der Waals surface area contributed by atoms with Gasteiger partial charge in [0.2, 0.25) is 0 Å². The molecular weight excluding hydrogens is 230 g/mol. The van der Waals surface area contributed by atoms with Gasteiger partial charge in [0.25, 0.3) is 0 Å². The predicted octanol–water partition coefficient (Wildman–Crippen LogP) is 1.71. The topological polar surface area (TPSA) is 53.7 Å². The molecule has 0 spiro atoms. The Balaban J connectivity index is 4.81. The van der Waals surface area contributed by atoms with E-state index in [1.165, 1.54) is 0 Å². The highest BCUT2D eigenvalue weighted by Crippen LogP contribution is 2.25. The molecule has 1 unspecified atom stereocenters. The summed E-state index contributed by atoms with van der Waals surface area (Å²) in [5.74, 6) is 0. The van der Waals surface area contributed by atoms with Gasteiger partial charge in [-0.15, -0.1) is 0 Å². The van der Waals surface area contributed by atoms with E-state index < -0.39 is 8.80 Å². The number of hydrogen-bond donors (Lipinski definition) is 1. The van der Waals surface area contributed by atoms with Crippen LogP contribution in [0.4, 0.5) is 0 Å². The zero-order valence-corrected chi connectivity index (χ0v) is 11.7. The summed E-state index contributed by atoms with van der Waals surface area (Å²) in [4.78, 5) is 0.386. The fourth-order valence-electron chi connectivity index (χ4n) is 1.28. The Labute approximate surface area is 98.4 Å². The minimum Gasteiger partial charge on any atom is -0.393 e. The first kappa shape index (κ1) is 15.0. The van der Waals surface area contributed by atoms with Gasteiger partial charge in [0.1, 0.15) is 0 Å². The minimum absolute atomic E-state index is 0.146. The molecule has 0 aliphatic carbocycles. The van der Waals surface area contributed by atoms with E-state index in [1.807, 2.05) is 27.7 Å². The van der Waals surface area contributed by atoms with E-state index in [4.69, 9.17) is 31.2 Å². The van der Waals surface area contributed by atoms with E-state index in [0.717, 1.165) is 0 Å². The molecule has 15 heavy (non-hydrogen) atoms. The van der Waals surface area contributed by atoms with Crippen LogP contribution in [0.5, 0.6) is 0 Å². The lowest BCUT2D eigenvalue weighted by Gasteiger charge is -2.32. The van der Waals surface area contributed by atoms with Crippen molar-refractivity contribution in [2.75, 3.05) is 19.8 Å². The lowest BCUT2D eigenvalue weighted by molar-refractivity contribution is 0.0684. The van der Waals surface area contributed by atoms with Crippen LogP contribution in [-0.4, -0.2) is 33.6 Å². The summed E-state index contributed by atoms with van der Waals surface area (Å²) in [5, 5.41) is 0. The maximum Gasteiger partial charge on any atom is 0.510 e. The Morgan fingerprint density at radius 1 is 1.13 bits per heavy atom. The molecule has 2 N–H and O–H groups in total. The van der Waals surface area contributed by atoms with Gasteiger partial charge in [0.15, 0.2) is 0 Å². The third-order valence-corrected chi connectivity index (χ3v) is 6.00. The first-order valence-electron chi connectivity index (χ1n) is 5.25. The maximum atomic E-state index is 5.66. The molecule has 1 atom stereocenters. The Hall–Kier alpha value is -0.0131. The molecule has 6 heteroatoms. The molecule has 0 aromatic heterocycles. The molecule has 0 amide bonds. The highest BCUT2D eigenvalue weighted by Gasteiger charge is 2.48. The molecular formula is C9H21NO3SSi. The van der Waals surface area contributed by atoms with Crippen molar-refractivity contribution in [1.82, 2.24) is 0 Å². The molecule has 0 rings (SSSR count). The lowest BCUT2D eigenvalue weighted by atomic mass is 10.5. The van der Waals surface area contributed by atoms with E-state index in [0.29, 0.717) is 24.8 Å². The molecule has 0 radical (unpaired) electrons. The van der Waals surface area contributed by atoms with Gasteiger partial charge in [-0.05, 0) is 20.8 Å². The monoisotopic (exact) mass is 251 g/mol. The SMILES string of the molecule is CCO[Si](OCC)(OCC)C(C)C(N)=S. The number of thiocarbonyl (C=S) groups is 1. The fourth-order valence-corrected chi connectivity index (χ4v) is 4.27. The molecule has 0 aliphatic rings. The second-order valence-electron chi connectivity index (χ2n) is 3.03. The Kier molecular flexibility index (Phi) is 7.29. The molecule has 0 aromatic carbocycles. The van der Waals surface area contributed by atoms with Crippen molar-refractivity contribution in [3.05, 3.63) is 0 Å². The summed E-state index contributed by atoms with van der Waals surface area (Å²) in [6.45, 7) is 9.25. The molecule has 0 fully saturated rings. The second kappa shape index (κ2) is 7.29. The lowest BCUT2D eigenvalue weighted by Crippen LogP contribution is -2.52. The number of nitrogens with two attached hydrogens (primary N) is 1. The van der Waals surface area contributed by atoms with Crippen molar-refractivity contribution in [3.63, 3.8) is 0 Å². The molecule has 0 aliphatic heterocycles. The van der Waals surface area contributed by atoms with Gasteiger partial charge >= 0.3 is 8.80 Å². The van der Waals surface area contributed by atoms with E-state index in [2.05, 4.69) is 0 Å². The van der Waals surface area contributed by atoms with Gasteiger partial charge in [-0.2, -0.15) is 0 Å². The first-order valence-corrected chi connectivity index (χ1v) is 7.46. The average Bonchev–Trinajstić information content (AvgIpc) is 2.17. The van der Waals surface area contributed by atoms with Gasteiger partial charge < -0.3 is 19.0 Å². The van der Waals surface area contributed by atoms with Crippen molar-refractivity contribution in [2.24, 2.45) is 5.73 Å². The summed E-state index contributed by atoms with van der Waals surface area (Å²) in [7, 11) is -2.73. The number of hydrogen-bond acceptors (Lipinski definition) is 4. The van der Waals surface area contributed by atoms with E-state index in [1.54, 1.807) is 0 Å². The van der Waals surface area contributed by atoms with Gasteiger partial charge in [0, 0.05) is 19.8 Å². The third-order valence-electron chi connectivity index (χ3n) is 1.99. The highest BCUT2D eigenvalue weighted by molar-refractivity contribution is 7.80. The highest BCUT2D eigenvalue weighted by atomic mass is 32.1. The second-order valence-corrected chi connectivity index (χ2v) is 6.44. The van der Waals surface area contributed by atoms with Gasteiger partial charge in [-0.25, -0.2) is 0 Å². The Morgan fingerprint density at radius 3 is 1.67 bits per heavy atom. The fraction of sp³-hybridized carbons (Fsp3) is 0.889. The summed E-state index contributed by atoms with van der Waals surface area (Å²) in [5.41, 5.74) is 5.49. The van der Waals surface area contributed by atoms with Crippen LogP contribution in [0, 0.1) is 0 Å². The smallest absolute Gasteiger partial charge is 0.393 e. The maximum absolute atomic E-state index is 5.66. The molecule has 0 bridgehead atoms. The number of rotatable bonds is 8. The zero-order chi connectivity index (χ0) is 11.9. The largest absolute Gasteiger partial charge is 0.510 e. The quantitative estimate of drug-likeness (QED) is 0.526. The van der Waals surface area contributed by atoms with Gasteiger partial charge in [-0.3, -0.25) is 0 Å². The van der Waals surface area contributed by atoms with Crippen LogP contribution < -0.4 is 5.73 Å². The van der Waals surface area contributed by atoms with Crippen LogP contribution in [0.25, 0.3) is 0 Å². The Morgan fingerprint density at radius 2 is 1.47 bits per heavy atom. The van der Waals surface area contributed by atoms with Crippen molar-refractivity contribution < 1.29 is 13.3 Å². The minimum atomic E-state index is -2.73. The van der Waals surface area contributed by atoms with Crippen LogP contribution in [0.2, 0.25) is 5.54 Å². The van der Waals surface area contributed by atoms with Crippen LogP contribution in [0.3, 0.4) is 0 Å². The zero-order valence-electron chi connectivity index (χ0n) is 9.91. The van der Waals surface area contributed by atoms with Crippen LogP contribution in [0.15, 0.2) is 0 Å². The summed E-state index contributed by atoms with van der Waals surface area (Å²) < 4.78 is 17.0. The summed E-state index contributed by atoms with van der Waals surface area (Å²) in [6, 6.07) is 0. The molecule has 0 heterocycles. The van der Waals surface area contributed by atoms with Crippen LogP contribution in [0.1, 0.15) is 27.7 Å².